The number of nitrogens with one attached hydrogen (secondary N) is 1. The maximum atomic E-state index is 6.51. The fraction of sp³-hybridized carbons (Fsp3) is 0.625. The van der Waals surface area contributed by atoms with E-state index in [1.165, 1.54) is 31.2 Å². The van der Waals surface area contributed by atoms with Gasteiger partial charge in [0.15, 0.2) is 0 Å². The molecule has 0 bridgehead atoms. The Balaban J connectivity index is 0.00000121. The molecule has 0 spiro atoms. The third kappa shape index (κ3) is 4.43. The summed E-state index contributed by atoms with van der Waals surface area (Å²) in [6, 6.07) is 6.52. The van der Waals surface area contributed by atoms with Crippen molar-refractivity contribution < 1.29 is 0 Å². The van der Waals surface area contributed by atoms with Crippen molar-refractivity contribution in [1.29, 1.82) is 0 Å². The van der Waals surface area contributed by atoms with Gasteiger partial charge in [-0.3, -0.25) is 4.90 Å². The van der Waals surface area contributed by atoms with Crippen LogP contribution in [0.15, 0.2) is 18.2 Å². The molecule has 1 heterocycles. The molecule has 3 rings (SSSR count). The van der Waals surface area contributed by atoms with Gasteiger partial charge in [0.1, 0.15) is 0 Å². The summed E-state index contributed by atoms with van der Waals surface area (Å²) in [4.78, 5) is 2.60. The van der Waals surface area contributed by atoms with Crippen molar-refractivity contribution in [2.24, 2.45) is 5.92 Å². The third-order valence-electron chi connectivity index (χ3n) is 4.69. The van der Waals surface area contributed by atoms with E-state index in [2.05, 4.69) is 16.3 Å². The molecule has 1 saturated carbocycles. The molecule has 0 aromatic heterocycles. The van der Waals surface area contributed by atoms with Gasteiger partial charge in [-0.1, -0.05) is 48.2 Å². The molecule has 2 nitrogen and oxygen atoms in total. The van der Waals surface area contributed by atoms with Crippen LogP contribution in [-0.2, 0) is 0 Å². The summed E-state index contributed by atoms with van der Waals surface area (Å²) >= 11 is 12.8. The van der Waals surface area contributed by atoms with Crippen LogP contribution in [0.2, 0.25) is 10.0 Å². The number of halogens is 4. The molecule has 0 unspecified atom stereocenters. The van der Waals surface area contributed by atoms with Crippen LogP contribution in [0, 0.1) is 5.92 Å². The molecule has 0 radical (unpaired) electrons. The summed E-state index contributed by atoms with van der Waals surface area (Å²) in [7, 11) is 0. The molecule has 1 aromatic rings. The van der Waals surface area contributed by atoms with Gasteiger partial charge in [-0.2, -0.15) is 0 Å². The van der Waals surface area contributed by atoms with E-state index in [4.69, 9.17) is 23.2 Å². The zero-order valence-corrected chi connectivity index (χ0v) is 15.7. The molecule has 1 N–H and O–H groups in total. The second-order valence-corrected chi connectivity index (χ2v) is 6.70. The fourth-order valence-electron chi connectivity index (χ4n) is 3.73. The van der Waals surface area contributed by atoms with Crippen molar-refractivity contribution in [2.75, 3.05) is 26.2 Å². The van der Waals surface area contributed by atoms with Gasteiger partial charge in [0, 0.05) is 32.2 Å². The van der Waals surface area contributed by atoms with Crippen LogP contribution in [0.25, 0.3) is 0 Å². The molecule has 2 aliphatic rings. The topological polar surface area (TPSA) is 15.3 Å². The average molecular weight is 386 g/mol. The van der Waals surface area contributed by atoms with Gasteiger partial charge in [-0.15, -0.1) is 24.8 Å². The largest absolute Gasteiger partial charge is 0.314 e. The third-order valence-corrected chi connectivity index (χ3v) is 5.52. The first-order valence-corrected chi connectivity index (χ1v) is 8.41. The Morgan fingerprint density at radius 3 is 2.32 bits per heavy atom. The number of piperazine rings is 1. The number of hydrogen-bond acceptors (Lipinski definition) is 2. The standard InChI is InChI=1S/C16H22Cl2N2.2ClH/c17-14-7-3-6-13(15(14)18)16(12-4-1-2-5-12)20-10-8-19-9-11-20;;/h3,6-7,12,16,19H,1-2,4-5,8-11H2;2*1H/t16-;;/m1../s1. The molecule has 6 heteroatoms. The molecule has 1 atom stereocenters. The number of hydrogen-bond donors (Lipinski definition) is 1. The predicted molar refractivity (Wildman–Crippen MR) is 100 cm³/mol. The van der Waals surface area contributed by atoms with Crippen molar-refractivity contribution in [3.05, 3.63) is 33.8 Å². The Labute approximate surface area is 155 Å². The lowest BCUT2D eigenvalue weighted by Gasteiger charge is -2.39. The molecule has 1 saturated heterocycles. The van der Waals surface area contributed by atoms with Crippen molar-refractivity contribution in [1.82, 2.24) is 10.2 Å². The van der Waals surface area contributed by atoms with Crippen LogP contribution in [-0.4, -0.2) is 31.1 Å². The predicted octanol–water partition coefficient (Wildman–Crippen LogP) is 4.97. The van der Waals surface area contributed by atoms with Crippen LogP contribution in [0.4, 0.5) is 0 Å². The van der Waals surface area contributed by atoms with Crippen molar-refractivity contribution in [2.45, 2.75) is 31.7 Å². The molecular formula is C16H24Cl4N2. The monoisotopic (exact) mass is 384 g/mol. The van der Waals surface area contributed by atoms with E-state index < -0.39 is 0 Å². The van der Waals surface area contributed by atoms with Crippen LogP contribution < -0.4 is 5.32 Å². The van der Waals surface area contributed by atoms with E-state index in [1.54, 1.807) is 0 Å². The van der Waals surface area contributed by atoms with Gasteiger partial charge in [0.25, 0.3) is 0 Å². The maximum absolute atomic E-state index is 6.51. The summed E-state index contributed by atoms with van der Waals surface area (Å²) in [6.45, 7) is 4.34. The van der Waals surface area contributed by atoms with E-state index in [0.29, 0.717) is 11.1 Å². The maximum Gasteiger partial charge on any atom is 0.0640 e. The molecule has 1 aliphatic heterocycles. The minimum absolute atomic E-state index is 0. The lowest BCUT2D eigenvalue weighted by molar-refractivity contribution is 0.125. The summed E-state index contributed by atoms with van der Waals surface area (Å²) in [5, 5.41) is 4.87. The van der Waals surface area contributed by atoms with E-state index in [9.17, 15) is 0 Å². The molecule has 126 valence electrons. The van der Waals surface area contributed by atoms with Gasteiger partial charge in [-0.25, -0.2) is 0 Å². The first kappa shape index (κ1) is 20.3. The zero-order valence-electron chi connectivity index (χ0n) is 12.6. The van der Waals surface area contributed by atoms with E-state index in [1.807, 2.05) is 12.1 Å². The van der Waals surface area contributed by atoms with Crippen LogP contribution >= 0.6 is 48.0 Å². The highest BCUT2D eigenvalue weighted by molar-refractivity contribution is 6.42. The van der Waals surface area contributed by atoms with Gasteiger partial charge >= 0.3 is 0 Å². The summed E-state index contributed by atoms with van der Waals surface area (Å²) in [5.41, 5.74) is 1.23. The Bertz CT molecular complexity index is 457. The normalized spacial score (nSPS) is 21.0. The fourth-order valence-corrected chi connectivity index (χ4v) is 4.15. The molecule has 2 fully saturated rings. The Hall–Kier alpha value is 0.300. The summed E-state index contributed by atoms with van der Waals surface area (Å²) in [5.74, 6) is 0.726. The van der Waals surface area contributed by atoms with Gasteiger partial charge < -0.3 is 5.32 Å². The summed E-state index contributed by atoms with van der Waals surface area (Å²) < 4.78 is 0. The Morgan fingerprint density at radius 2 is 1.68 bits per heavy atom. The quantitative estimate of drug-likeness (QED) is 0.789. The van der Waals surface area contributed by atoms with Crippen LogP contribution in [0.3, 0.4) is 0 Å². The van der Waals surface area contributed by atoms with Crippen molar-refractivity contribution in [3.8, 4) is 0 Å². The highest BCUT2D eigenvalue weighted by Gasteiger charge is 2.33. The van der Waals surface area contributed by atoms with Crippen molar-refractivity contribution >= 4 is 48.0 Å². The van der Waals surface area contributed by atoms with Crippen molar-refractivity contribution in [3.63, 3.8) is 0 Å². The number of rotatable bonds is 3. The lowest BCUT2D eigenvalue weighted by Crippen LogP contribution is -2.46. The summed E-state index contributed by atoms with van der Waals surface area (Å²) in [6.07, 6.45) is 5.34. The molecule has 22 heavy (non-hydrogen) atoms. The Morgan fingerprint density at radius 1 is 1.05 bits per heavy atom. The van der Waals surface area contributed by atoms with Gasteiger partial charge in [-0.05, 0) is 30.4 Å². The highest BCUT2D eigenvalue weighted by Crippen LogP contribution is 2.43. The second-order valence-electron chi connectivity index (χ2n) is 5.92. The Kier molecular flexibility index (Phi) is 8.84. The second kappa shape index (κ2) is 9.56. The number of benzene rings is 1. The van der Waals surface area contributed by atoms with E-state index >= 15 is 0 Å². The number of nitrogens with zero attached hydrogens (tertiary/aromatic N) is 1. The molecule has 0 amide bonds. The molecular weight excluding hydrogens is 362 g/mol. The first-order valence-electron chi connectivity index (χ1n) is 7.66. The highest BCUT2D eigenvalue weighted by atomic mass is 35.5. The average Bonchev–Trinajstić information content (AvgIpc) is 2.99. The van der Waals surface area contributed by atoms with Gasteiger partial charge in [0.2, 0.25) is 0 Å². The van der Waals surface area contributed by atoms with Crippen LogP contribution in [0.5, 0.6) is 0 Å². The zero-order chi connectivity index (χ0) is 13.9. The minimum atomic E-state index is 0. The smallest absolute Gasteiger partial charge is 0.0640 e. The van der Waals surface area contributed by atoms with E-state index in [-0.39, 0.29) is 24.8 Å². The van der Waals surface area contributed by atoms with Crippen LogP contribution in [0.1, 0.15) is 37.3 Å². The minimum Gasteiger partial charge on any atom is -0.314 e. The SMILES string of the molecule is Cl.Cl.Clc1cccc([C@@H](C2CCCC2)N2CCNCC2)c1Cl. The molecule has 1 aromatic carbocycles. The first-order chi connectivity index (χ1) is 9.77. The van der Waals surface area contributed by atoms with Gasteiger partial charge in [0.05, 0.1) is 10.0 Å². The molecule has 1 aliphatic carbocycles. The van der Waals surface area contributed by atoms with E-state index in [0.717, 1.165) is 37.1 Å². The lowest BCUT2D eigenvalue weighted by atomic mass is 9.89.